The lowest BCUT2D eigenvalue weighted by molar-refractivity contribution is -0.137. The third-order valence-corrected chi connectivity index (χ3v) is 6.22. The van der Waals surface area contributed by atoms with Crippen LogP contribution in [0, 0.1) is 0 Å². The molecule has 0 radical (unpaired) electrons. The molecule has 1 atom stereocenters. The van der Waals surface area contributed by atoms with Crippen molar-refractivity contribution in [3.8, 4) is 0 Å². The number of nitrogens with one attached hydrogen (secondary N) is 2. The van der Waals surface area contributed by atoms with Crippen LogP contribution in [-0.2, 0) is 4.79 Å². The number of pyridine rings is 2. The summed E-state index contributed by atoms with van der Waals surface area (Å²) in [5.41, 5.74) is 2.64. The predicted octanol–water partition coefficient (Wildman–Crippen LogP) is 5.78. The van der Waals surface area contributed by atoms with E-state index in [1.807, 2.05) is 48.5 Å². The van der Waals surface area contributed by atoms with Crippen LogP contribution >= 0.6 is 11.8 Å². The van der Waals surface area contributed by atoms with Gasteiger partial charge in [-0.1, -0.05) is 30.3 Å². The Morgan fingerprint density at radius 2 is 1.79 bits per heavy atom. The number of rotatable bonds is 9. The third kappa shape index (κ3) is 6.20. The van der Waals surface area contributed by atoms with E-state index >= 15 is 0 Å². The second kappa shape index (κ2) is 11.1. The van der Waals surface area contributed by atoms with Crippen molar-refractivity contribution in [3.05, 3.63) is 109 Å². The summed E-state index contributed by atoms with van der Waals surface area (Å²) in [5, 5.41) is 15.2. The van der Waals surface area contributed by atoms with Crippen molar-refractivity contribution >= 4 is 40.8 Å². The highest BCUT2D eigenvalue weighted by molar-refractivity contribution is 7.99. The molecule has 1 unspecified atom stereocenters. The van der Waals surface area contributed by atoms with Gasteiger partial charge in [-0.05, 0) is 54.1 Å². The Labute approximate surface area is 201 Å². The Morgan fingerprint density at radius 1 is 0.941 bits per heavy atom. The van der Waals surface area contributed by atoms with Gasteiger partial charge in [-0.2, -0.15) is 0 Å². The zero-order valence-electron chi connectivity index (χ0n) is 18.1. The van der Waals surface area contributed by atoms with Crippen molar-refractivity contribution in [2.45, 2.75) is 16.6 Å². The number of amides is 1. The first-order valence-electron chi connectivity index (χ1n) is 10.6. The number of aromatic nitrogens is 2. The number of anilines is 3. The number of benzene rings is 2. The van der Waals surface area contributed by atoms with Gasteiger partial charge in [0.2, 0.25) is 0 Å². The van der Waals surface area contributed by atoms with Crippen LogP contribution in [-0.4, -0.2) is 27.0 Å². The molecule has 0 aliphatic rings. The van der Waals surface area contributed by atoms with Gasteiger partial charge >= 0.3 is 5.97 Å². The first-order valence-corrected chi connectivity index (χ1v) is 11.4. The molecule has 2 aromatic heterocycles. The molecule has 0 saturated carbocycles. The van der Waals surface area contributed by atoms with Gasteiger partial charge in [0.15, 0.2) is 0 Å². The van der Waals surface area contributed by atoms with Crippen molar-refractivity contribution in [2.24, 2.45) is 0 Å². The summed E-state index contributed by atoms with van der Waals surface area (Å²) in [6.07, 6.45) is 4.94. The Balaban J connectivity index is 1.52. The Hall–Kier alpha value is -4.17. The molecule has 2 heterocycles. The lowest BCUT2D eigenvalue weighted by Gasteiger charge is -2.17. The van der Waals surface area contributed by atoms with Crippen LogP contribution in [0.1, 0.15) is 27.6 Å². The Bertz CT molecular complexity index is 1270. The van der Waals surface area contributed by atoms with E-state index in [0.717, 1.165) is 16.1 Å². The molecule has 1 amide bonds. The van der Waals surface area contributed by atoms with E-state index in [2.05, 4.69) is 20.6 Å². The van der Waals surface area contributed by atoms with E-state index in [-0.39, 0.29) is 17.6 Å². The minimum atomic E-state index is -0.903. The zero-order valence-corrected chi connectivity index (χ0v) is 18.9. The quantitative estimate of drug-likeness (QED) is 0.266. The van der Waals surface area contributed by atoms with Crippen molar-refractivity contribution in [3.63, 3.8) is 0 Å². The fraction of sp³-hybridized carbons (Fsp3) is 0.0769. The molecule has 0 saturated heterocycles. The van der Waals surface area contributed by atoms with Crippen molar-refractivity contribution in [1.29, 1.82) is 0 Å². The number of carbonyl (C=O) groups excluding carboxylic acids is 1. The van der Waals surface area contributed by atoms with Crippen LogP contribution in [0.5, 0.6) is 0 Å². The number of nitrogens with zero attached hydrogens (tertiary/aromatic N) is 2. The summed E-state index contributed by atoms with van der Waals surface area (Å²) >= 11 is 1.38. The van der Waals surface area contributed by atoms with E-state index in [1.54, 1.807) is 48.9 Å². The third-order valence-electron chi connectivity index (χ3n) is 4.88. The summed E-state index contributed by atoms with van der Waals surface area (Å²) in [6.45, 7) is 0. The first-order chi connectivity index (χ1) is 16.6. The van der Waals surface area contributed by atoms with Crippen molar-refractivity contribution in [2.75, 3.05) is 10.6 Å². The van der Waals surface area contributed by atoms with Crippen LogP contribution in [0.3, 0.4) is 0 Å². The maximum absolute atomic E-state index is 13.0. The van der Waals surface area contributed by atoms with Crippen molar-refractivity contribution < 1.29 is 14.7 Å². The Kier molecular flexibility index (Phi) is 7.52. The topological polar surface area (TPSA) is 104 Å². The number of hydrogen-bond acceptors (Lipinski definition) is 6. The summed E-state index contributed by atoms with van der Waals surface area (Å²) in [5.74, 6) is -0.490. The number of thioether (sulfide) groups is 1. The number of aliphatic carboxylic acids is 1. The molecule has 7 nitrogen and oxygen atoms in total. The van der Waals surface area contributed by atoms with E-state index < -0.39 is 5.97 Å². The normalized spacial score (nSPS) is 11.4. The van der Waals surface area contributed by atoms with E-state index in [9.17, 15) is 14.7 Å². The molecule has 4 rings (SSSR count). The van der Waals surface area contributed by atoms with Gasteiger partial charge in [-0.15, -0.1) is 11.8 Å². The summed E-state index contributed by atoms with van der Waals surface area (Å²) in [6, 6.07) is 23.7. The molecule has 170 valence electrons. The number of carbonyl (C=O) groups is 2. The van der Waals surface area contributed by atoms with Gasteiger partial charge in [0.25, 0.3) is 5.91 Å². The SMILES string of the molecule is O=C(O)CC(Sc1ccccc1NC(=O)c1cccc(Nc2ccccn2)c1)c1cccnc1. The van der Waals surface area contributed by atoms with E-state index in [1.165, 1.54) is 11.8 Å². The number of para-hydroxylation sites is 1. The molecule has 0 fully saturated rings. The van der Waals surface area contributed by atoms with Crippen molar-refractivity contribution in [1.82, 2.24) is 9.97 Å². The maximum Gasteiger partial charge on any atom is 0.304 e. The van der Waals surface area contributed by atoms with Crippen LogP contribution in [0.4, 0.5) is 17.2 Å². The fourth-order valence-electron chi connectivity index (χ4n) is 3.30. The highest BCUT2D eigenvalue weighted by atomic mass is 32.2. The molecule has 2 aromatic carbocycles. The van der Waals surface area contributed by atoms with Crippen LogP contribution < -0.4 is 10.6 Å². The molecule has 0 bridgehead atoms. The summed E-state index contributed by atoms with van der Waals surface area (Å²) in [7, 11) is 0. The van der Waals surface area contributed by atoms with Crippen LogP contribution in [0.2, 0.25) is 0 Å². The number of carboxylic acid groups (broad SMARTS) is 1. The lowest BCUT2D eigenvalue weighted by atomic mass is 10.1. The standard InChI is InChI=1S/C26H22N4O3S/c31-25(32)16-23(19-8-6-13-27-17-19)34-22-11-2-1-10-21(22)30-26(33)18-7-5-9-20(15-18)29-24-12-3-4-14-28-24/h1-15,17,23H,16H2,(H,28,29)(H,30,33)(H,31,32). The van der Waals surface area contributed by atoms with E-state index in [4.69, 9.17) is 0 Å². The monoisotopic (exact) mass is 470 g/mol. The smallest absolute Gasteiger partial charge is 0.304 e. The zero-order chi connectivity index (χ0) is 23.8. The predicted molar refractivity (Wildman–Crippen MR) is 133 cm³/mol. The summed E-state index contributed by atoms with van der Waals surface area (Å²) < 4.78 is 0. The van der Waals surface area contributed by atoms with Gasteiger partial charge in [0.05, 0.1) is 12.1 Å². The molecule has 0 aliphatic carbocycles. The summed E-state index contributed by atoms with van der Waals surface area (Å²) in [4.78, 5) is 33.6. The Morgan fingerprint density at radius 3 is 2.56 bits per heavy atom. The molecule has 0 aliphatic heterocycles. The van der Waals surface area contributed by atoms with Crippen LogP contribution in [0.25, 0.3) is 0 Å². The van der Waals surface area contributed by atoms with Gasteiger partial charge in [-0.3, -0.25) is 14.6 Å². The molecule has 8 heteroatoms. The average Bonchev–Trinajstić information content (AvgIpc) is 2.86. The average molecular weight is 471 g/mol. The second-order valence-corrected chi connectivity index (χ2v) is 8.61. The van der Waals surface area contributed by atoms with Crippen LogP contribution in [0.15, 0.2) is 102 Å². The molecule has 3 N–H and O–H groups in total. The highest BCUT2D eigenvalue weighted by Crippen LogP contribution is 2.41. The second-order valence-electron chi connectivity index (χ2n) is 7.36. The van der Waals surface area contributed by atoms with E-state index in [0.29, 0.717) is 17.1 Å². The lowest BCUT2D eigenvalue weighted by Crippen LogP contribution is -2.13. The number of hydrogen-bond donors (Lipinski definition) is 3. The molecule has 4 aromatic rings. The molecular weight excluding hydrogens is 448 g/mol. The van der Waals surface area contributed by atoms with Gasteiger partial charge < -0.3 is 15.7 Å². The maximum atomic E-state index is 13.0. The van der Waals surface area contributed by atoms with Gasteiger partial charge in [-0.25, -0.2) is 4.98 Å². The molecular formula is C26H22N4O3S. The minimum absolute atomic E-state index is 0.0696. The van der Waals surface area contributed by atoms with Gasteiger partial charge in [0.1, 0.15) is 5.82 Å². The highest BCUT2D eigenvalue weighted by Gasteiger charge is 2.19. The largest absolute Gasteiger partial charge is 0.481 e. The fourth-order valence-corrected chi connectivity index (χ4v) is 4.51. The molecule has 34 heavy (non-hydrogen) atoms. The van der Waals surface area contributed by atoms with Gasteiger partial charge in [0, 0.05) is 40.0 Å². The minimum Gasteiger partial charge on any atom is -0.481 e. The molecule has 0 spiro atoms. The first kappa shape index (κ1) is 23.0. The number of carboxylic acids is 1.